The maximum atomic E-state index is 8.59. The summed E-state index contributed by atoms with van der Waals surface area (Å²) in [5, 5.41) is 11.9. The van der Waals surface area contributed by atoms with Gasteiger partial charge in [-0.1, -0.05) is 13.8 Å². The Bertz CT molecular complexity index is 123. The number of hydrogen-bond donors (Lipinski definition) is 2. The Morgan fingerprint density at radius 1 is 1.55 bits per heavy atom. The van der Waals surface area contributed by atoms with Crippen LogP contribution in [0.15, 0.2) is 0 Å². The number of hydrogen-bond acceptors (Lipinski definition) is 2. The molecule has 0 saturated heterocycles. The van der Waals surface area contributed by atoms with E-state index in [0.717, 1.165) is 6.54 Å². The molecular weight excluding hydrogens is 138 g/mol. The number of aliphatic hydroxyl groups is 1. The lowest BCUT2D eigenvalue weighted by molar-refractivity contribution is 0.280. The van der Waals surface area contributed by atoms with Crippen LogP contribution in [-0.2, 0) is 0 Å². The van der Waals surface area contributed by atoms with Gasteiger partial charge < -0.3 is 10.4 Å². The van der Waals surface area contributed by atoms with Gasteiger partial charge in [0.15, 0.2) is 0 Å². The quantitative estimate of drug-likeness (QED) is 0.644. The summed E-state index contributed by atoms with van der Waals surface area (Å²) in [5.41, 5.74) is 0.521. The first-order chi connectivity index (χ1) is 5.14. The zero-order valence-electron chi connectivity index (χ0n) is 7.56. The molecule has 2 N–H and O–H groups in total. The largest absolute Gasteiger partial charge is 0.395 e. The zero-order chi connectivity index (χ0) is 8.32. The van der Waals surface area contributed by atoms with Crippen LogP contribution in [0, 0.1) is 5.41 Å². The molecule has 0 spiro atoms. The van der Waals surface area contributed by atoms with E-state index in [-0.39, 0.29) is 6.61 Å². The first-order valence-corrected chi connectivity index (χ1v) is 4.48. The highest BCUT2D eigenvalue weighted by Gasteiger charge is 2.29. The van der Waals surface area contributed by atoms with Crippen LogP contribution in [0.4, 0.5) is 0 Å². The highest BCUT2D eigenvalue weighted by atomic mass is 16.3. The van der Waals surface area contributed by atoms with Crippen LogP contribution in [0.1, 0.15) is 33.1 Å². The van der Waals surface area contributed by atoms with Crippen LogP contribution in [0.5, 0.6) is 0 Å². The maximum absolute atomic E-state index is 8.59. The molecule has 0 aromatic heterocycles. The topological polar surface area (TPSA) is 32.3 Å². The monoisotopic (exact) mass is 157 g/mol. The van der Waals surface area contributed by atoms with Crippen molar-refractivity contribution in [2.45, 2.75) is 39.2 Å². The van der Waals surface area contributed by atoms with Crippen molar-refractivity contribution in [2.75, 3.05) is 13.2 Å². The van der Waals surface area contributed by atoms with Crippen LogP contribution >= 0.6 is 0 Å². The molecule has 1 unspecified atom stereocenters. The third-order valence-corrected chi connectivity index (χ3v) is 2.51. The molecule has 1 rings (SSSR count). The van der Waals surface area contributed by atoms with E-state index in [9.17, 15) is 0 Å². The van der Waals surface area contributed by atoms with E-state index in [1.54, 1.807) is 0 Å². The lowest BCUT2D eigenvalue weighted by Gasteiger charge is -2.17. The number of rotatable bonds is 3. The molecule has 11 heavy (non-hydrogen) atoms. The third kappa shape index (κ3) is 2.80. The Hall–Kier alpha value is -0.0800. The highest BCUT2D eigenvalue weighted by molar-refractivity contribution is 4.85. The lowest BCUT2D eigenvalue weighted by Crippen LogP contribution is -2.29. The molecule has 2 heteroatoms. The van der Waals surface area contributed by atoms with Gasteiger partial charge >= 0.3 is 0 Å². The van der Waals surface area contributed by atoms with Crippen LogP contribution < -0.4 is 5.32 Å². The van der Waals surface area contributed by atoms with Crippen molar-refractivity contribution in [3.05, 3.63) is 0 Å². The summed E-state index contributed by atoms with van der Waals surface area (Å²) in [6, 6.07) is 0.650. The van der Waals surface area contributed by atoms with E-state index in [1.807, 2.05) is 0 Å². The van der Waals surface area contributed by atoms with E-state index in [2.05, 4.69) is 19.2 Å². The summed E-state index contributed by atoms with van der Waals surface area (Å²) >= 11 is 0. The first kappa shape index (κ1) is 9.01. The second-order valence-corrected chi connectivity index (χ2v) is 4.28. The Kier molecular flexibility index (Phi) is 2.90. The summed E-state index contributed by atoms with van der Waals surface area (Å²) in [6.45, 7) is 5.64. The van der Waals surface area contributed by atoms with Crippen LogP contribution in [0.2, 0.25) is 0 Å². The molecule has 66 valence electrons. The molecule has 2 nitrogen and oxygen atoms in total. The summed E-state index contributed by atoms with van der Waals surface area (Å²) in [6.07, 6.45) is 3.84. The predicted molar refractivity (Wildman–Crippen MR) is 46.5 cm³/mol. The van der Waals surface area contributed by atoms with Gasteiger partial charge in [-0.15, -0.1) is 0 Å². The molecule has 1 aliphatic carbocycles. The SMILES string of the molecule is CC1(C)CCC(NCCO)C1. The van der Waals surface area contributed by atoms with Crippen molar-refractivity contribution < 1.29 is 5.11 Å². The second kappa shape index (κ2) is 3.55. The minimum absolute atomic E-state index is 0.261. The number of aliphatic hydroxyl groups excluding tert-OH is 1. The van der Waals surface area contributed by atoms with E-state index in [4.69, 9.17) is 5.11 Å². The fraction of sp³-hybridized carbons (Fsp3) is 1.00. The van der Waals surface area contributed by atoms with Gasteiger partial charge in [0.25, 0.3) is 0 Å². The summed E-state index contributed by atoms with van der Waals surface area (Å²) in [7, 11) is 0. The molecular formula is C9H19NO. The molecule has 0 amide bonds. The summed E-state index contributed by atoms with van der Waals surface area (Å²) < 4.78 is 0. The van der Waals surface area contributed by atoms with Gasteiger partial charge in [0.2, 0.25) is 0 Å². The minimum atomic E-state index is 0.261. The highest BCUT2D eigenvalue weighted by Crippen LogP contribution is 2.36. The zero-order valence-corrected chi connectivity index (χ0v) is 7.56. The minimum Gasteiger partial charge on any atom is -0.395 e. The van der Waals surface area contributed by atoms with E-state index < -0.39 is 0 Å². The third-order valence-electron chi connectivity index (χ3n) is 2.51. The van der Waals surface area contributed by atoms with Gasteiger partial charge in [0.1, 0.15) is 0 Å². The van der Waals surface area contributed by atoms with Crippen LogP contribution in [0.3, 0.4) is 0 Å². The van der Waals surface area contributed by atoms with Crippen molar-refractivity contribution in [3.63, 3.8) is 0 Å². The maximum Gasteiger partial charge on any atom is 0.0556 e. The molecule has 1 atom stereocenters. The van der Waals surface area contributed by atoms with Gasteiger partial charge in [-0.3, -0.25) is 0 Å². The molecule has 1 fully saturated rings. The fourth-order valence-corrected chi connectivity index (χ4v) is 1.88. The first-order valence-electron chi connectivity index (χ1n) is 4.48. The van der Waals surface area contributed by atoms with Crippen molar-refractivity contribution >= 4 is 0 Å². The molecule has 0 bridgehead atoms. The van der Waals surface area contributed by atoms with E-state index in [1.165, 1.54) is 19.3 Å². The molecule has 0 aromatic rings. The summed E-state index contributed by atoms with van der Waals surface area (Å²) in [4.78, 5) is 0. The van der Waals surface area contributed by atoms with Gasteiger partial charge in [0, 0.05) is 12.6 Å². The van der Waals surface area contributed by atoms with Gasteiger partial charge in [-0.05, 0) is 24.7 Å². The molecule has 1 saturated carbocycles. The average molecular weight is 157 g/mol. The smallest absolute Gasteiger partial charge is 0.0556 e. The molecule has 0 aromatic carbocycles. The van der Waals surface area contributed by atoms with Crippen LogP contribution in [-0.4, -0.2) is 24.3 Å². The molecule has 0 heterocycles. The molecule has 0 radical (unpaired) electrons. The van der Waals surface area contributed by atoms with Gasteiger partial charge in [0.05, 0.1) is 6.61 Å². The Balaban J connectivity index is 2.20. The fourth-order valence-electron chi connectivity index (χ4n) is 1.88. The van der Waals surface area contributed by atoms with Crippen LogP contribution in [0.25, 0.3) is 0 Å². The van der Waals surface area contributed by atoms with Gasteiger partial charge in [-0.2, -0.15) is 0 Å². The standard InChI is InChI=1S/C9H19NO/c1-9(2)4-3-8(7-9)10-5-6-11/h8,10-11H,3-7H2,1-2H3. The Labute approximate surface area is 69.0 Å². The van der Waals surface area contributed by atoms with E-state index in [0.29, 0.717) is 11.5 Å². The Morgan fingerprint density at radius 2 is 2.27 bits per heavy atom. The van der Waals surface area contributed by atoms with E-state index >= 15 is 0 Å². The second-order valence-electron chi connectivity index (χ2n) is 4.28. The lowest BCUT2D eigenvalue weighted by atomic mass is 9.92. The molecule has 1 aliphatic rings. The van der Waals surface area contributed by atoms with Crippen molar-refractivity contribution in [2.24, 2.45) is 5.41 Å². The molecule has 0 aliphatic heterocycles. The normalized spacial score (nSPS) is 29.2. The van der Waals surface area contributed by atoms with Crippen molar-refractivity contribution in [1.82, 2.24) is 5.32 Å². The van der Waals surface area contributed by atoms with Crippen molar-refractivity contribution in [1.29, 1.82) is 0 Å². The van der Waals surface area contributed by atoms with Gasteiger partial charge in [-0.25, -0.2) is 0 Å². The Morgan fingerprint density at radius 3 is 2.73 bits per heavy atom. The number of nitrogens with one attached hydrogen (secondary N) is 1. The summed E-state index contributed by atoms with van der Waals surface area (Å²) in [5.74, 6) is 0. The van der Waals surface area contributed by atoms with Crippen molar-refractivity contribution in [3.8, 4) is 0 Å². The predicted octanol–water partition coefficient (Wildman–Crippen LogP) is 1.15. The average Bonchev–Trinajstić information content (AvgIpc) is 2.26.